The maximum atomic E-state index is 13.1. The molecule has 1 atom stereocenters. The molecule has 6 nitrogen and oxygen atoms in total. The predicted molar refractivity (Wildman–Crippen MR) is 137 cm³/mol. The van der Waals surface area contributed by atoms with E-state index in [1.54, 1.807) is 0 Å². The van der Waals surface area contributed by atoms with Crippen molar-refractivity contribution < 1.29 is 19.4 Å². The van der Waals surface area contributed by atoms with Gasteiger partial charge in [-0.25, -0.2) is 0 Å². The lowest BCUT2D eigenvalue weighted by molar-refractivity contribution is -0.137. The summed E-state index contributed by atoms with van der Waals surface area (Å²) in [5.41, 5.74) is 3.89. The molecule has 4 rings (SSSR count). The highest BCUT2D eigenvalue weighted by atomic mass is 16.5. The van der Waals surface area contributed by atoms with Crippen LogP contribution in [-0.4, -0.2) is 28.1 Å². The first-order valence-corrected chi connectivity index (χ1v) is 11.9. The zero-order valence-electron chi connectivity index (χ0n) is 19.8. The van der Waals surface area contributed by atoms with E-state index >= 15 is 0 Å². The summed E-state index contributed by atoms with van der Waals surface area (Å²) in [5.74, 6) is -0.286. The second-order valence-electron chi connectivity index (χ2n) is 8.58. The maximum Gasteiger partial charge on any atom is 0.303 e. The standard InChI is InChI=1S/C29H30N2O4/c1-21(29(34)30-18-17-22-9-4-2-5-10-22)31-19-24(15-16-27(32)33)25-13-8-14-26(28(25)31)35-20-23-11-6-3-7-12-23/h2-14,19,21H,15-18,20H2,1H3,(H,30,34)(H,32,33). The number of carboxylic acids is 1. The van der Waals surface area contributed by atoms with E-state index in [1.807, 2.05) is 96.6 Å². The maximum absolute atomic E-state index is 13.1. The summed E-state index contributed by atoms with van der Waals surface area (Å²) in [5, 5.41) is 13.2. The molecule has 0 saturated carbocycles. The first-order valence-electron chi connectivity index (χ1n) is 11.9. The van der Waals surface area contributed by atoms with Gasteiger partial charge in [-0.2, -0.15) is 0 Å². The minimum Gasteiger partial charge on any atom is -0.487 e. The molecule has 1 heterocycles. The van der Waals surface area contributed by atoms with Gasteiger partial charge in [-0.05, 0) is 42.5 Å². The fourth-order valence-corrected chi connectivity index (χ4v) is 4.20. The van der Waals surface area contributed by atoms with Crippen LogP contribution < -0.4 is 10.1 Å². The van der Waals surface area contributed by atoms with Gasteiger partial charge in [0.25, 0.3) is 0 Å². The number of carboxylic acid groups (broad SMARTS) is 1. The van der Waals surface area contributed by atoms with Gasteiger partial charge < -0.3 is 19.7 Å². The highest BCUT2D eigenvalue weighted by Crippen LogP contribution is 2.33. The van der Waals surface area contributed by atoms with Crippen molar-refractivity contribution >= 4 is 22.8 Å². The minimum atomic E-state index is -0.853. The number of para-hydroxylation sites is 1. The summed E-state index contributed by atoms with van der Waals surface area (Å²) in [6.07, 6.45) is 3.04. The predicted octanol–water partition coefficient (Wildman–Crippen LogP) is 5.16. The number of ether oxygens (including phenoxy) is 1. The number of carbonyl (C=O) groups is 2. The third kappa shape index (κ3) is 6.09. The Morgan fingerprint density at radius 1 is 0.914 bits per heavy atom. The largest absolute Gasteiger partial charge is 0.487 e. The van der Waals surface area contributed by atoms with Crippen molar-refractivity contribution in [1.29, 1.82) is 0 Å². The molecule has 1 amide bonds. The second kappa shape index (κ2) is 11.4. The Hall–Kier alpha value is -4.06. The fraction of sp³-hybridized carbons (Fsp3) is 0.241. The number of nitrogens with one attached hydrogen (secondary N) is 1. The molecule has 0 aliphatic carbocycles. The first-order chi connectivity index (χ1) is 17.0. The number of fused-ring (bicyclic) bond motifs is 1. The van der Waals surface area contributed by atoms with Crippen LogP contribution >= 0.6 is 0 Å². The van der Waals surface area contributed by atoms with E-state index in [9.17, 15) is 14.7 Å². The van der Waals surface area contributed by atoms with E-state index in [4.69, 9.17) is 4.74 Å². The smallest absolute Gasteiger partial charge is 0.303 e. The average Bonchev–Trinajstić information content (AvgIpc) is 3.26. The molecule has 2 N–H and O–H groups in total. The first kappa shape index (κ1) is 24.1. The summed E-state index contributed by atoms with van der Waals surface area (Å²) in [6, 6.07) is 25.2. The van der Waals surface area contributed by atoms with Crippen LogP contribution in [0.2, 0.25) is 0 Å². The molecule has 1 aromatic heterocycles. The van der Waals surface area contributed by atoms with Gasteiger partial charge in [-0.3, -0.25) is 9.59 Å². The second-order valence-corrected chi connectivity index (χ2v) is 8.58. The molecular weight excluding hydrogens is 440 g/mol. The molecule has 0 fully saturated rings. The van der Waals surface area contributed by atoms with Crippen LogP contribution in [0.3, 0.4) is 0 Å². The van der Waals surface area contributed by atoms with Crippen LogP contribution in [0.1, 0.15) is 36.1 Å². The van der Waals surface area contributed by atoms with Crippen LogP contribution in [0.25, 0.3) is 10.9 Å². The number of amides is 1. The van der Waals surface area contributed by atoms with E-state index in [2.05, 4.69) is 5.32 Å². The molecule has 0 bridgehead atoms. The summed E-state index contributed by atoms with van der Waals surface area (Å²) in [7, 11) is 0. The van der Waals surface area contributed by atoms with Crippen molar-refractivity contribution in [3.63, 3.8) is 0 Å². The molecule has 1 unspecified atom stereocenters. The fourth-order valence-electron chi connectivity index (χ4n) is 4.20. The SMILES string of the molecule is CC(C(=O)NCCc1ccccc1)n1cc(CCC(=O)O)c2cccc(OCc3ccccc3)c21. The number of carbonyl (C=O) groups excluding carboxylic acids is 1. The zero-order chi connectivity index (χ0) is 24.6. The molecule has 0 radical (unpaired) electrons. The number of aryl methyl sites for hydroxylation is 1. The highest BCUT2D eigenvalue weighted by molar-refractivity contribution is 5.92. The number of aliphatic carboxylic acids is 1. The van der Waals surface area contributed by atoms with Gasteiger partial charge in [-0.15, -0.1) is 0 Å². The normalized spacial score (nSPS) is 11.8. The Morgan fingerprint density at radius 2 is 1.60 bits per heavy atom. The van der Waals surface area contributed by atoms with Crippen LogP contribution in [0.4, 0.5) is 0 Å². The number of benzene rings is 3. The summed E-state index contributed by atoms with van der Waals surface area (Å²) >= 11 is 0. The molecule has 4 aromatic rings. The number of rotatable bonds is 11. The molecule has 0 aliphatic heterocycles. The van der Waals surface area contributed by atoms with Crippen LogP contribution in [-0.2, 0) is 29.0 Å². The molecule has 0 aliphatic rings. The van der Waals surface area contributed by atoms with Crippen LogP contribution in [0.15, 0.2) is 85.1 Å². The lowest BCUT2D eigenvalue weighted by Gasteiger charge is -2.17. The van der Waals surface area contributed by atoms with E-state index in [0.29, 0.717) is 25.3 Å². The van der Waals surface area contributed by atoms with Crippen LogP contribution in [0.5, 0.6) is 5.75 Å². The highest BCUT2D eigenvalue weighted by Gasteiger charge is 2.21. The zero-order valence-corrected chi connectivity index (χ0v) is 19.8. The van der Waals surface area contributed by atoms with Gasteiger partial charge in [-0.1, -0.05) is 72.8 Å². The molecule has 6 heteroatoms. The quantitative estimate of drug-likeness (QED) is 0.317. The third-order valence-corrected chi connectivity index (χ3v) is 6.10. The van der Waals surface area contributed by atoms with Crippen molar-refractivity contribution in [3.05, 3.63) is 102 Å². The van der Waals surface area contributed by atoms with Crippen LogP contribution in [0, 0.1) is 0 Å². The summed E-state index contributed by atoms with van der Waals surface area (Å²) < 4.78 is 8.09. The minimum absolute atomic E-state index is 0.0197. The van der Waals surface area contributed by atoms with Gasteiger partial charge in [0.2, 0.25) is 5.91 Å². The van der Waals surface area contributed by atoms with Crippen molar-refractivity contribution in [2.45, 2.75) is 38.8 Å². The lowest BCUT2D eigenvalue weighted by atomic mass is 10.1. The van der Waals surface area contributed by atoms with Crippen molar-refractivity contribution in [1.82, 2.24) is 9.88 Å². The third-order valence-electron chi connectivity index (χ3n) is 6.10. The molecule has 180 valence electrons. The van der Waals surface area contributed by atoms with E-state index in [1.165, 1.54) is 5.56 Å². The average molecular weight is 471 g/mol. The van der Waals surface area contributed by atoms with Gasteiger partial charge >= 0.3 is 5.97 Å². The van der Waals surface area contributed by atoms with Gasteiger partial charge in [0.15, 0.2) is 0 Å². The van der Waals surface area contributed by atoms with E-state index < -0.39 is 12.0 Å². The summed E-state index contributed by atoms with van der Waals surface area (Å²) in [6.45, 7) is 2.79. The topological polar surface area (TPSA) is 80.6 Å². The molecular formula is C29H30N2O4. The number of hydrogen-bond donors (Lipinski definition) is 2. The van der Waals surface area contributed by atoms with Crippen molar-refractivity contribution in [2.75, 3.05) is 6.54 Å². The summed E-state index contributed by atoms with van der Waals surface area (Å²) in [4.78, 5) is 24.3. The van der Waals surface area contributed by atoms with E-state index in [-0.39, 0.29) is 12.3 Å². The van der Waals surface area contributed by atoms with Crippen molar-refractivity contribution in [2.24, 2.45) is 0 Å². The van der Waals surface area contributed by atoms with Crippen molar-refractivity contribution in [3.8, 4) is 5.75 Å². The Kier molecular flexibility index (Phi) is 7.83. The number of hydrogen-bond acceptors (Lipinski definition) is 3. The van der Waals surface area contributed by atoms with Gasteiger partial charge in [0.1, 0.15) is 18.4 Å². The molecule has 35 heavy (non-hydrogen) atoms. The Morgan fingerprint density at radius 3 is 2.29 bits per heavy atom. The number of nitrogens with zero attached hydrogens (tertiary/aromatic N) is 1. The lowest BCUT2D eigenvalue weighted by Crippen LogP contribution is -2.32. The van der Waals surface area contributed by atoms with Gasteiger partial charge in [0.05, 0.1) is 5.52 Å². The molecule has 3 aromatic carbocycles. The Labute approximate surface area is 205 Å². The Bertz CT molecular complexity index is 1280. The van der Waals surface area contributed by atoms with Gasteiger partial charge in [0, 0.05) is 24.5 Å². The molecule has 0 saturated heterocycles. The Balaban J connectivity index is 1.58. The van der Waals surface area contributed by atoms with E-state index in [0.717, 1.165) is 28.5 Å². The molecule has 0 spiro atoms. The number of aromatic nitrogens is 1. The monoisotopic (exact) mass is 470 g/mol.